The van der Waals surface area contributed by atoms with Gasteiger partial charge in [-0.3, -0.25) is 0 Å². The van der Waals surface area contributed by atoms with Gasteiger partial charge in [0.15, 0.2) is 17.5 Å². The fraction of sp³-hybridized carbons (Fsp3) is 0.500. The van der Waals surface area contributed by atoms with Crippen LogP contribution in [0.25, 0.3) is 11.4 Å². The van der Waals surface area contributed by atoms with Crippen LogP contribution in [0.5, 0.6) is 0 Å². The SMILES string of the molecule is Cn1nc(-c2cnc(N3CC4(C3)CC(F)(F)C4)c(F)c2)nc1Nc1ccc(B2OC(C)(C)C(C)(C)O2)cc1. The average Bonchev–Trinajstić information content (AvgIpc) is 3.25. The molecule has 0 atom stereocenters. The number of nitrogens with one attached hydrogen (secondary N) is 1. The largest absolute Gasteiger partial charge is 0.494 e. The third-order valence-corrected chi connectivity index (χ3v) is 8.15. The van der Waals surface area contributed by atoms with Crippen LogP contribution in [0, 0.1) is 11.2 Å². The first kappa shape index (κ1) is 25.2. The molecule has 1 N–H and O–H groups in total. The summed E-state index contributed by atoms with van der Waals surface area (Å²) in [6.45, 7) is 8.86. The Morgan fingerprint density at radius 3 is 2.21 bits per heavy atom. The topological polar surface area (TPSA) is 77.3 Å². The normalized spacial score (nSPS) is 22.3. The van der Waals surface area contributed by atoms with E-state index in [0.29, 0.717) is 30.4 Å². The summed E-state index contributed by atoms with van der Waals surface area (Å²) in [5, 5.41) is 7.63. The number of nitrogens with zero attached hydrogens (tertiary/aromatic N) is 5. The minimum atomic E-state index is -2.59. The number of hydrogen-bond acceptors (Lipinski definition) is 7. The highest BCUT2D eigenvalue weighted by atomic mass is 19.3. The number of alkyl halides is 2. The fourth-order valence-electron chi connectivity index (χ4n) is 5.42. The lowest BCUT2D eigenvalue weighted by atomic mass is 9.61. The average molecular weight is 526 g/mol. The van der Waals surface area contributed by atoms with Gasteiger partial charge in [0.05, 0.1) is 11.2 Å². The van der Waals surface area contributed by atoms with Gasteiger partial charge >= 0.3 is 7.12 Å². The third-order valence-electron chi connectivity index (χ3n) is 8.15. The van der Waals surface area contributed by atoms with E-state index >= 15 is 0 Å². The highest BCUT2D eigenvalue weighted by Gasteiger charge is 2.62. The molecule has 1 aromatic carbocycles. The maximum absolute atomic E-state index is 14.9. The summed E-state index contributed by atoms with van der Waals surface area (Å²) in [5.74, 6) is -2.15. The van der Waals surface area contributed by atoms with Crippen molar-refractivity contribution in [2.24, 2.45) is 12.5 Å². The molecule has 12 heteroatoms. The maximum atomic E-state index is 14.9. The van der Waals surface area contributed by atoms with Gasteiger partial charge in [0.2, 0.25) is 11.9 Å². The Bertz CT molecular complexity index is 1360. The zero-order valence-electron chi connectivity index (χ0n) is 22.1. The van der Waals surface area contributed by atoms with Crippen molar-refractivity contribution >= 4 is 30.0 Å². The van der Waals surface area contributed by atoms with Crippen molar-refractivity contribution in [1.82, 2.24) is 19.7 Å². The molecule has 0 radical (unpaired) electrons. The molecule has 2 aromatic heterocycles. The number of halogens is 3. The second-order valence-electron chi connectivity index (χ2n) is 11.8. The van der Waals surface area contributed by atoms with Crippen LogP contribution in [-0.2, 0) is 16.4 Å². The Labute approximate surface area is 219 Å². The van der Waals surface area contributed by atoms with E-state index in [0.717, 1.165) is 11.2 Å². The predicted molar refractivity (Wildman–Crippen MR) is 138 cm³/mol. The number of anilines is 3. The minimum absolute atomic E-state index is 0.134. The lowest BCUT2D eigenvalue weighted by Gasteiger charge is -2.58. The molecule has 3 fully saturated rings. The second-order valence-corrected chi connectivity index (χ2v) is 11.8. The van der Waals surface area contributed by atoms with Gasteiger partial charge < -0.3 is 19.5 Å². The van der Waals surface area contributed by atoms with Gasteiger partial charge in [-0.15, -0.1) is 5.10 Å². The number of hydrogen-bond donors (Lipinski definition) is 1. The van der Waals surface area contributed by atoms with E-state index in [-0.39, 0.29) is 18.7 Å². The molecular formula is C26H30BF3N6O2. The van der Waals surface area contributed by atoms with Crippen LogP contribution in [0.1, 0.15) is 40.5 Å². The van der Waals surface area contributed by atoms with Crippen LogP contribution < -0.4 is 15.7 Å². The number of pyridine rings is 1. The molecule has 3 aromatic rings. The quantitative estimate of drug-likeness (QED) is 0.497. The lowest BCUT2D eigenvalue weighted by Crippen LogP contribution is -2.66. The molecule has 0 amide bonds. The molecule has 3 aliphatic rings. The summed E-state index contributed by atoms with van der Waals surface area (Å²) in [6.07, 6.45) is 1.24. The van der Waals surface area contributed by atoms with Gasteiger partial charge in [-0.25, -0.2) is 22.8 Å². The van der Waals surface area contributed by atoms with Crippen molar-refractivity contribution < 1.29 is 22.5 Å². The molecule has 4 heterocycles. The van der Waals surface area contributed by atoms with Gasteiger partial charge in [0.1, 0.15) is 0 Å². The summed E-state index contributed by atoms with van der Waals surface area (Å²) in [5.41, 5.74) is 0.900. The van der Waals surface area contributed by atoms with Crippen LogP contribution in [0.3, 0.4) is 0 Å². The van der Waals surface area contributed by atoms with Crippen LogP contribution in [-0.4, -0.2) is 57.1 Å². The van der Waals surface area contributed by atoms with Crippen molar-refractivity contribution in [2.75, 3.05) is 23.3 Å². The van der Waals surface area contributed by atoms with Crippen molar-refractivity contribution in [2.45, 2.75) is 57.7 Å². The highest BCUT2D eigenvalue weighted by molar-refractivity contribution is 6.62. The number of aryl methyl sites for hydroxylation is 1. The van der Waals surface area contributed by atoms with Crippen molar-refractivity contribution in [3.8, 4) is 11.4 Å². The Morgan fingerprint density at radius 1 is 1.00 bits per heavy atom. The highest BCUT2D eigenvalue weighted by Crippen LogP contribution is 2.57. The molecule has 0 bridgehead atoms. The summed E-state index contributed by atoms with van der Waals surface area (Å²) in [7, 11) is 1.29. The molecule has 1 saturated carbocycles. The van der Waals surface area contributed by atoms with E-state index in [1.807, 2.05) is 52.0 Å². The first-order chi connectivity index (χ1) is 17.7. The van der Waals surface area contributed by atoms with Crippen molar-refractivity contribution in [3.05, 3.63) is 42.3 Å². The Balaban J connectivity index is 1.12. The van der Waals surface area contributed by atoms with Gasteiger partial charge in [0, 0.05) is 55.8 Å². The van der Waals surface area contributed by atoms with Crippen LogP contribution in [0.15, 0.2) is 36.5 Å². The van der Waals surface area contributed by atoms with Crippen LogP contribution >= 0.6 is 0 Å². The first-order valence-electron chi connectivity index (χ1n) is 12.7. The van der Waals surface area contributed by atoms with E-state index < -0.39 is 35.5 Å². The Hall–Kier alpha value is -3.12. The number of rotatable bonds is 5. The molecule has 6 rings (SSSR count). The molecule has 0 unspecified atom stereocenters. The second kappa shape index (κ2) is 8.19. The van der Waals surface area contributed by atoms with Crippen molar-refractivity contribution in [1.29, 1.82) is 0 Å². The third kappa shape index (κ3) is 4.23. The lowest BCUT2D eigenvalue weighted by molar-refractivity contribution is -0.170. The first-order valence-corrected chi connectivity index (χ1v) is 12.7. The van der Waals surface area contributed by atoms with Crippen molar-refractivity contribution in [3.63, 3.8) is 0 Å². The summed E-state index contributed by atoms with van der Waals surface area (Å²) in [6, 6.07) is 9.02. The molecule has 2 saturated heterocycles. The molecule has 2 aliphatic heterocycles. The Morgan fingerprint density at radius 2 is 1.63 bits per heavy atom. The fourth-order valence-corrected chi connectivity index (χ4v) is 5.42. The summed E-state index contributed by atoms with van der Waals surface area (Å²) >= 11 is 0. The standard InChI is InChI=1S/C26H30BF3N6O2/c1-23(2)24(3,4)38-27(37-23)17-6-8-18(9-7-17)32-22-33-20(34-35(22)5)16-10-19(28)21(31-11-16)36-14-25(15-36)12-26(29,30)13-25/h6-11H,12-15H2,1-5H3,(H,32,33,34). The van der Waals surface area contributed by atoms with E-state index in [2.05, 4.69) is 20.4 Å². The predicted octanol–water partition coefficient (Wildman–Crippen LogP) is 4.29. The summed E-state index contributed by atoms with van der Waals surface area (Å²) in [4.78, 5) is 10.5. The van der Waals surface area contributed by atoms with E-state index in [9.17, 15) is 13.2 Å². The van der Waals surface area contributed by atoms with Gasteiger partial charge in [-0.2, -0.15) is 4.98 Å². The molecule has 8 nitrogen and oxygen atoms in total. The maximum Gasteiger partial charge on any atom is 0.494 e. The zero-order chi connectivity index (χ0) is 27.1. The van der Waals surface area contributed by atoms with E-state index in [4.69, 9.17) is 9.31 Å². The molecule has 200 valence electrons. The smallest absolute Gasteiger partial charge is 0.399 e. The minimum Gasteiger partial charge on any atom is -0.399 e. The van der Waals surface area contributed by atoms with Crippen LogP contribution in [0.2, 0.25) is 0 Å². The number of benzene rings is 1. The molecule has 1 spiro atoms. The summed E-state index contributed by atoms with van der Waals surface area (Å²) < 4.78 is 55.2. The number of aromatic nitrogens is 4. The molecular weight excluding hydrogens is 496 g/mol. The van der Waals surface area contributed by atoms with E-state index in [1.165, 1.54) is 12.3 Å². The monoisotopic (exact) mass is 526 g/mol. The molecule has 38 heavy (non-hydrogen) atoms. The zero-order valence-corrected chi connectivity index (χ0v) is 22.1. The van der Waals surface area contributed by atoms with E-state index in [1.54, 1.807) is 16.6 Å². The van der Waals surface area contributed by atoms with Gasteiger partial charge in [-0.1, -0.05) is 12.1 Å². The van der Waals surface area contributed by atoms with Gasteiger partial charge in [-0.05, 0) is 51.4 Å². The van der Waals surface area contributed by atoms with Crippen LogP contribution in [0.4, 0.5) is 30.6 Å². The molecule has 1 aliphatic carbocycles. The van der Waals surface area contributed by atoms with Gasteiger partial charge in [0.25, 0.3) is 0 Å². The Kier molecular flexibility index (Phi) is 5.43.